The molecule has 0 spiro atoms. The summed E-state index contributed by atoms with van der Waals surface area (Å²) in [4.78, 5) is 2.31. The monoisotopic (exact) mass is 560 g/mol. The van der Waals surface area contributed by atoms with Crippen molar-refractivity contribution in [3.8, 4) is 22.6 Å². The van der Waals surface area contributed by atoms with Crippen molar-refractivity contribution in [2.45, 2.75) is 13.8 Å². The van der Waals surface area contributed by atoms with Gasteiger partial charge in [0.15, 0.2) is 11.5 Å². The number of aryl methyl sites for hydroxylation is 2. The van der Waals surface area contributed by atoms with Crippen molar-refractivity contribution < 1.29 is 25.6 Å². The number of nitrogens with zero attached hydrogens (tertiary/aromatic N) is 1. The summed E-state index contributed by atoms with van der Waals surface area (Å²) < 4.78 is 6.21. The third kappa shape index (κ3) is 4.45. The predicted molar refractivity (Wildman–Crippen MR) is 141 cm³/mol. The van der Waals surface area contributed by atoms with Crippen molar-refractivity contribution >= 4 is 44.9 Å². The molecule has 5 heteroatoms. The number of para-hydroxylation sites is 4. The third-order valence-corrected chi connectivity index (χ3v) is 6.00. The molecule has 0 saturated carbocycles. The first-order valence-corrected chi connectivity index (χ1v) is 17.3. The standard InChI is InChI=1S/C29H22NO.2ClH.Zr/c1-19-11-13-21(14-12-19)25-18-23(17-22-15-20(2)16-24(22)25)30-26-7-3-5-9-28(26)31-29-10-6-4-8-27(29)30;;;/h3-18H,1-2H3;2*1H;/q-1;;;+2/p-2. The molecule has 5 aromatic rings. The molecule has 0 bridgehead atoms. The number of hydrogen-bond acceptors (Lipinski definition) is 2. The van der Waals surface area contributed by atoms with Crippen molar-refractivity contribution in [3.05, 3.63) is 108 Å². The van der Waals surface area contributed by atoms with Crippen LogP contribution in [0.4, 0.5) is 17.1 Å². The summed E-state index contributed by atoms with van der Waals surface area (Å²) in [5, 5.41) is 2.55. The Morgan fingerprint density at radius 3 is 1.97 bits per heavy atom. The number of hydrogen-bond donors (Lipinski definition) is 0. The number of rotatable bonds is 2. The third-order valence-electron chi connectivity index (χ3n) is 6.00. The molecule has 0 unspecified atom stereocenters. The van der Waals surface area contributed by atoms with Crippen LogP contribution >= 0.6 is 17.0 Å². The van der Waals surface area contributed by atoms with E-state index in [0.29, 0.717) is 0 Å². The van der Waals surface area contributed by atoms with Gasteiger partial charge in [-0.25, -0.2) is 0 Å². The Morgan fingerprint density at radius 2 is 1.35 bits per heavy atom. The van der Waals surface area contributed by atoms with Gasteiger partial charge in [0.1, 0.15) is 0 Å². The molecule has 0 aliphatic carbocycles. The Kier molecular flexibility index (Phi) is 6.88. The maximum atomic E-state index is 6.21. The van der Waals surface area contributed by atoms with Gasteiger partial charge in [-0.05, 0) is 42.8 Å². The van der Waals surface area contributed by atoms with Crippen LogP contribution < -0.4 is 9.64 Å². The zero-order valence-corrected chi connectivity index (χ0v) is 22.8. The van der Waals surface area contributed by atoms with Gasteiger partial charge in [0.05, 0.1) is 11.4 Å². The first-order valence-electron chi connectivity index (χ1n) is 11.0. The molecule has 1 aliphatic rings. The minimum atomic E-state index is -0.826. The molecule has 0 aromatic heterocycles. The summed E-state index contributed by atoms with van der Waals surface area (Å²) in [6, 6.07) is 34.4. The second-order valence-electron chi connectivity index (χ2n) is 8.34. The van der Waals surface area contributed by atoms with Crippen LogP contribution in [0, 0.1) is 13.8 Å². The molecule has 0 N–H and O–H groups in total. The van der Waals surface area contributed by atoms with E-state index >= 15 is 0 Å². The quantitative estimate of drug-likeness (QED) is 0.195. The number of fused-ring (bicyclic) bond motifs is 3. The molecule has 34 heavy (non-hydrogen) atoms. The van der Waals surface area contributed by atoms with Crippen LogP contribution in [0.2, 0.25) is 0 Å². The summed E-state index contributed by atoms with van der Waals surface area (Å²) in [5.74, 6) is 1.74. The number of anilines is 3. The summed E-state index contributed by atoms with van der Waals surface area (Å²) in [5.41, 5.74) is 8.28. The van der Waals surface area contributed by atoms with Gasteiger partial charge in [0.25, 0.3) is 0 Å². The van der Waals surface area contributed by atoms with E-state index in [0.717, 1.165) is 28.6 Å². The summed E-state index contributed by atoms with van der Waals surface area (Å²) in [7, 11) is 9.87. The van der Waals surface area contributed by atoms with E-state index in [1.54, 1.807) is 0 Å². The average molecular weight is 563 g/mol. The first kappa shape index (κ1) is 23.3. The van der Waals surface area contributed by atoms with Gasteiger partial charge in [-0.3, -0.25) is 0 Å². The average Bonchev–Trinajstić information content (AvgIpc) is 3.23. The Balaban J connectivity index is 0.000000764. The molecule has 0 atom stereocenters. The zero-order valence-electron chi connectivity index (χ0n) is 18.8. The molecule has 0 saturated heterocycles. The van der Waals surface area contributed by atoms with E-state index in [2.05, 4.69) is 91.5 Å². The Morgan fingerprint density at radius 1 is 0.765 bits per heavy atom. The van der Waals surface area contributed by atoms with Gasteiger partial charge in [0, 0.05) is 5.69 Å². The fourth-order valence-corrected chi connectivity index (χ4v) is 4.54. The van der Waals surface area contributed by atoms with Gasteiger partial charge < -0.3 is 9.64 Å². The molecular weight excluding hydrogens is 540 g/mol. The van der Waals surface area contributed by atoms with Crippen LogP contribution in [0.5, 0.6) is 11.5 Å². The number of halogens is 2. The molecule has 1 heterocycles. The van der Waals surface area contributed by atoms with Crippen LogP contribution in [-0.4, -0.2) is 0 Å². The molecule has 168 valence electrons. The molecule has 6 rings (SSSR count). The minimum absolute atomic E-state index is 0.826. The Bertz CT molecular complexity index is 1410. The van der Waals surface area contributed by atoms with Crippen LogP contribution in [0.1, 0.15) is 11.1 Å². The molecule has 0 radical (unpaired) electrons. The second kappa shape index (κ2) is 10.0. The van der Waals surface area contributed by atoms with E-state index in [1.807, 2.05) is 24.3 Å². The van der Waals surface area contributed by atoms with Gasteiger partial charge in [0.2, 0.25) is 0 Å². The van der Waals surface area contributed by atoms with E-state index in [9.17, 15) is 0 Å². The fraction of sp³-hybridized carbons (Fsp3) is 0.0690. The summed E-state index contributed by atoms with van der Waals surface area (Å²) >= 11 is -0.826. The second-order valence-corrected chi connectivity index (χ2v) is 12.1. The molecular formula is C29H22Cl2NOZr-. The van der Waals surface area contributed by atoms with Crippen LogP contribution in [0.3, 0.4) is 0 Å². The van der Waals surface area contributed by atoms with E-state index in [-0.39, 0.29) is 0 Å². The predicted octanol–water partition coefficient (Wildman–Crippen LogP) is 9.79. The molecule has 5 aromatic carbocycles. The van der Waals surface area contributed by atoms with Gasteiger partial charge in [-0.15, -0.1) is 28.5 Å². The van der Waals surface area contributed by atoms with Crippen molar-refractivity contribution in [2.75, 3.05) is 4.90 Å². The molecule has 2 nitrogen and oxygen atoms in total. The number of benzene rings is 4. The topological polar surface area (TPSA) is 12.5 Å². The molecule has 0 amide bonds. The first-order chi connectivity index (χ1) is 16.6. The molecule has 0 fully saturated rings. The van der Waals surface area contributed by atoms with Crippen molar-refractivity contribution in [1.82, 2.24) is 0 Å². The zero-order chi connectivity index (χ0) is 23.7. The van der Waals surface area contributed by atoms with Crippen molar-refractivity contribution in [3.63, 3.8) is 0 Å². The van der Waals surface area contributed by atoms with E-state index in [4.69, 9.17) is 21.8 Å². The van der Waals surface area contributed by atoms with Gasteiger partial charge in [-0.2, -0.15) is 6.07 Å². The van der Waals surface area contributed by atoms with Crippen LogP contribution in [0.15, 0.2) is 97.1 Å². The van der Waals surface area contributed by atoms with Crippen LogP contribution in [0.25, 0.3) is 21.9 Å². The van der Waals surface area contributed by atoms with Crippen LogP contribution in [-0.2, 0) is 20.8 Å². The fourth-order valence-electron chi connectivity index (χ4n) is 4.54. The Hall–Kier alpha value is -2.45. The van der Waals surface area contributed by atoms with E-state index < -0.39 is 20.8 Å². The maximum absolute atomic E-state index is 6.21. The number of ether oxygens (including phenoxy) is 1. The summed E-state index contributed by atoms with van der Waals surface area (Å²) in [6.07, 6.45) is 0. The molecule has 1 aliphatic heterocycles. The Labute approximate surface area is 218 Å². The van der Waals surface area contributed by atoms with Gasteiger partial charge >= 0.3 is 37.9 Å². The van der Waals surface area contributed by atoms with Gasteiger partial charge in [-0.1, -0.05) is 66.6 Å². The normalized spacial score (nSPS) is 11.7. The van der Waals surface area contributed by atoms with Crippen molar-refractivity contribution in [2.24, 2.45) is 0 Å². The SMILES string of the molecule is Cc1ccc(-c2cc(N3c4ccccc4Oc4ccccc43)cc3[cH-]c(C)cc23)cc1.[Cl][Zr][Cl]. The summed E-state index contributed by atoms with van der Waals surface area (Å²) in [6.45, 7) is 4.29. The van der Waals surface area contributed by atoms with Crippen molar-refractivity contribution in [1.29, 1.82) is 0 Å². The van der Waals surface area contributed by atoms with E-state index in [1.165, 1.54) is 33.0 Å².